The molecule has 0 unspecified atom stereocenters. The second kappa shape index (κ2) is 5.33. The van der Waals surface area contributed by atoms with Crippen LogP contribution < -0.4 is 5.32 Å². The monoisotopic (exact) mass is 297 g/mol. The highest BCUT2D eigenvalue weighted by Gasteiger charge is 2.10. The third kappa shape index (κ3) is 3.49. The SMILES string of the molecule is O=C(Nc1ccc(S(=O)(=O)Cl)cc1)c1ccnnc1. The summed E-state index contributed by atoms with van der Waals surface area (Å²) in [5.74, 6) is -0.364. The van der Waals surface area contributed by atoms with Gasteiger partial charge in [0.05, 0.1) is 22.9 Å². The highest BCUT2D eigenvalue weighted by atomic mass is 35.7. The van der Waals surface area contributed by atoms with E-state index in [-0.39, 0.29) is 10.8 Å². The summed E-state index contributed by atoms with van der Waals surface area (Å²) in [5, 5.41) is 9.74. The number of carbonyl (C=O) groups excluding carboxylic acids is 1. The van der Waals surface area contributed by atoms with E-state index in [1.165, 1.54) is 42.7 Å². The lowest BCUT2D eigenvalue weighted by Crippen LogP contribution is -2.12. The molecule has 0 saturated carbocycles. The van der Waals surface area contributed by atoms with Crippen molar-refractivity contribution in [3.63, 3.8) is 0 Å². The third-order valence-corrected chi connectivity index (χ3v) is 3.61. The first-order valence-electron chi connectivity index (χ1n) is 5.09. The minimum atomic E-state index is -3.76. The van der Waals surface area contributed by atoms with Crippen molar-refractivity contribution >= 4 is 31.3 Å². The average Bonchev–Trinajstić information content (AvgIpc) is 2.39. The summed E-state index contributed by atoms with van der Waals surface area (Å²) in [7, 11) is 1.42. The number of rotatable bonds is 3. The molecule has 0 aliphatic heterocycles. The van der Waals surface area contributed by atoms with Crippen LogP contribution in [0.15, 0.2) is 47.6 Å². The van der Waals surface area contributed by atoms with E-state index in [4.69, 9.17) is 10.7 Å². The van der Waals surface area contributed by atoms with Crippen molar-refractivity contribution in [3.05, 3.63) is 48.3 Å². The first-order valence-corrected chi connectivity index (χ1v) is 7.40. The minimum absolute atomic E-state index is 0.0299. The van der Waals surface area contributed by atoms with Crippen molar-refractivity contribution in [1.29, 1.82) is 0 Å². The maximum Gasteiger partial charge on any atom is 0.261 e. The highest BCUT2D eigenvalue weighted by Crippen LogP contribution is 2.18. The maximum atomic E-state index is 11.8. The van der Waals surface area contributed by atoms with Crippen LogP contribution in [0.1, 0.15) is 10.4 Å². The lowest BCUT2D eigenvalue weighted by molar-refractivity contribution is 0.102. The Morgan fingerprint density at radius 1 is 1.11 bits per heavy atom. The number of hydrogen-bond donors (Lipinski definition) is 1. The van der Waals surface area contributed by atoms with Gasteiger partial charge in [0.1, 0.15) is 0 Å². The predicted molar refractivity (Wildman–Crippen MR) is 69.5 cm³/mol. The standard InChI is InChI=1S/C11H8ClN3O3S/c12-19(17,18)10-3-1-9(2-4-10)15-11(16)8-5-6-13-14-7-8/h1-7H,(H,15,16). The van der Waals surface area contributed by atoms with Gasteiger partial charge in [-0.2, -0.15) is 10.2 Å². The van der Waals surface area contributed by atoms with Gasteiger partial charge < -0.3 is 5.32 Å². The molecule has 0 atom stereocenters. The topological polar surface area (TPSA) is 89.0 Å². The van der Waals surface area contributed by atoms with Gasteiger partial charge in [0, 0.05) is 16.4 Å². The van der Waals surface area contributed by atoms with Crippen LogP contribution in [0.2, 0.25) is 0 Å². The molecule has 0 aliphatic rings. The molecule has 8 heteroatoms. The molecule has 0 spiro atoms. The minimum Gasteiger partial charge on any atom is -0.322 e. The van der Waals surface area contributed by atoms with E-state index < -0.39 is 9.05 Å². The number of carbonyl (C=O) groups is 1. The summed E-state index contributed by atoms with van der Waals surface area (Å²) in [6, 6.07) is 7.02. The second-order valence-electron chi connectivity index (χ2n) is 3.55. The van der Waals surface area contributed by atoms with Crippen LogP contribution in [-0.4, -0.2) is 24.5 Å². The average molecular weight is 298 g/mol. The van der Waals surface area contributed by atoms with Gasteiger partial charge in [-0.05, 0) is 30.3 Å². The van der Waals surface area contributed by atoms with E-state index in [0.29, 0.717) is 11.3 Å². The number of halogens is 1. The molecule has 0 saturated heterocycles. The van der Waals surface area contributed by atoms with E-state index in [2.05, 4.69) is 15.5 Å². The van der Waals surface area contributed by atoms with E-state index in [1.54, 1.807) is 0 Å². The molecule has 98 valence electrons. The normalized spacial score (nSPS) is 11.0. The van der Waals surface area contributed by atoms with Gasteiger partial charge in [-0.3, -0.25) is 4.79 Å². The van der Waals surface area contributed by atoms with Gasteiger partial charge in [-0.25, -0.2) is 8.42 Å². The first kappa shape index (κ1) is 13.4. The zero-order valence-corrected chi connectivity index (χ0v) is 11.0. The molecule has 2 aromatic rings. The lowest BCUT2D eigenvalue weighted by atomic mass is 10.2. The highest BCUT2D eigenvalue weighted by molar-refractivity contribution is 8.13. The van der Waals surface area contributed by atoms with E-state index in [9.17, 15) is 13.2 Å². The van der Waals surface area contributed by atoms with Crippen LogP contribution in [0.5, 0.6) is 0 Å². The van der Waals surface area contributed by atoms with Gasteiger partial charge >= 0.3 is 0 Å². The van der Waals surface area contributed by atoms with Gasteiger partial charge in [-0.15, -0.1) is 0 Å². The smallest absolute Gasteiger partial charge is 0.261 e. The summed E-state index contributed by atoms with van der Waals surface area (Å²) in [6.07, 6.45) is 2.73. The van der Waals surface area contributed by atoms with Crippen LogP contribution in [0.25, 0.3) is 0 Å². The summed E-state index contributed by atoms with van der Waals surface area (Å²) < 4.78 is 22.1. The number of amides is 1. The van der Waals surface area contributed by atoms with E-state index in [1.807, 2.05) is 0 Å². The molecule has 1 heterocycles. The molecule has 0 bridgehead atoms. The van der Waals surface area contributed by atoms with Crippen LogP contribution in [0, 0.1) is 0 Å². The van der Waals surface area contributed by atoms with E-state index >= 15 is 0 Å². The van der Waals surface area contributed by atoms with Crippen LogP contribution in [0.4, 0.5) is 5.69 Å². The van der Waals surface area contributed by atoms with Crippen molar-refractivity contribution in [2.45, 2.75) is 4.90 Å². The lowest BCUT2D eigenvalue weighted by Gasteiger charge is -2.05. The molecule has 0 radical (unpaired) electrons. The molecular formula is C11H8ClN3O3S. The Balaban J connectivity index is 2.15. The molecule has 2 rings (SSSR count). The molecule has 1 aromatic carbocycles. The molecular weight excluding hydrogens is 290 g/mol. The molecule has 1 N–H and O–H groups in total. The zero-order valence-electron chi connectivity index (χ0n) is 9.45. The summed E-state index contributed by atoms with van der Waals surface area (Å²) in [5.41, 5.74) is 0.801. The van der Waals surface area contributed by atoms with Crippen LogP contribution in [0.3, 0.4) is 0 Å². The molecule has 0 aliphatic carbocycles. The van der Waals surface area contributed by atoms with Crippen molar-refractivity contribution in [2.24, 2.45) is 0 Å². The summed E-state index contributed by atoms with van der Waals surface area (Å²) >= 11 is 0. The van der Waals surface area contributed by atoms with Crippen LogP contribution in [-0.2, 0) is 9.05 Å². The van der Waals surface area contributed by atoms with Crippen molar-refractivity contribution in [3.8, 4) is 0 Å². The number of nitrogens with one attached hydrogen (secondary N) is 1. The first-order chi connectivity index (χ1) is 8.97. The number of hydrogen-bond acceptors (Lipinski definition) is 5. The Hall–Kier alpha value is -1.99. The van der Waals surface area contributed by atoms with Crippen LogP contribution >= 0.6 is 10.7 Å². The maximum absolute atomic E-state index is 11.8. The summed E-state index contributed by atoms with van der Waals surface area (Å²) in [4.78, 5) is 11.7. The quantitative estimate of drug-likeness (QED) is 0.870. The van der Waals surface area contributed by atoms with Gasteiger partial charge in [0.2, 0.25) is 0 Å². The fourth-order valence-electron chi connectivity index (χ4n) is 1.33. The zero-order chi connectivity index (χ0) is 13.9. The van der Waals surface area contributed by atoms with E-state index in [0.717, 1.165) is 0 Å². The van der Waals surface area contributed by atoms with Crippen molar-refractivity contribution < 1.29 is 13.2 Å². The number of aromatic nitrogens is 2. The largest absolute Gasteiger partial charge is 0.322 e. The molecule has 6 nitrogen and oxygen atoms in total. The molecule has 0 fully saturated rings. The summed E-state index contributed by atoms with van der Waals surface area (Å²) in [6.45, 7) is 0. The third-order valence-electron chi connectivity index (χ3n) is 2.24. The molecule has 1 aromatic heterocycles. The Bertz CT molecular complexity index is 687. The Morgan fingerprint density at radius 3 is 2.32 bits per heavy atom. The fourth-order valence-corrected chi connectivity index (χ4v) is 2.10. The Morgan fingerprint density at radius 2 is 1.79 bits per heavy atom. The van der Waals surface area contributed by atoms with Gasteiger partial charge in [0.15, 0.2) is 0 Å². The second-order valence-corrected chi connectivity index (χ2v) is 6.11. The Labute approximate surface area is 113 Å². The predicted octanol–water partition coefficient (Wildman–Crippen LogP) is 1.66. The number of anilines is 1. The molecule has 1 amide bonds. The Kier molecular flexibility index (Phi) is 3.77. The van der Waals surface area contributed by atoms with Crippen molar-refractivity contribution in [1.82, 2.24) is 10.2 Å². The van der Waals surface area contributed by atoms with Gasteiger partial charge in [-0.1, -0.05) is 0 Å². The number of benzene rings is 1. The fraction of sp³-hybridized carbons (Fsp3) is 0. The van der Waals surface area contributed by atoms with Gasteiger partial charge in [0.25, 0.3) is 15.0 Å². The molecule has 19 heavy (non-hydrogen) atoms. The number of nitrogens with zero attached hydrogens (tertiary/aromatic N) is 2. The van der Waals surface area contributed by atoms with Crippen molar-refractivity contribution in [2.75, 3.05) is 5.32 Å².